The highest BCUT2D eigenvalue weighted by Gasteiger charge is 2.26. The Morgan fingerprint density at radius 1 is 1.38 bits per heavy atom. The lowest BCUT2D eigenvalue weighted by Crippen LogP contribution is -2.40. The summed E-state index contributed by atoms with van der Waals surface area (Å²) >= 11 is 0. The van der Waals surface area contributed by atoms with Crippen molar-refractivity contribution in [1.29, 1.82) is 0 Å². The summed E-state index contributed by atoms with van der Waals surface area (Å²) in [6, 6.07) is 8.64. The van der Waals surface area contributed by atoms with Gasteiger partial charge in [-0.15, -0.1) is 0 Å². The summed E-state index contributed by atoms with van der Waals surface area (Å²) in [5.74, 6) is 1.64. The Kier molecular flexibility index (Phi) is 5.62. The van der Waals surface area contributed by atoms with Gasteiger partial charge in [-0.2, -0.15) is 0 Å². The minimum atomic E-state index is 0.0996. The second kappa shape index (κ2) is 7.25. The Labute approximate surface area is 128 Å². The minimum absolute atomic E-state index is 0.0996. The monoisotopic (exact) mass is 291 g/mol. The van der Waals surface area contributed by atoms with Crippen LogP contribution in [0.4, 0.5) is 0 Å². The molecular weight excluding hydrogens is 262 g/mol. The molecule has 0 saturated carbocycles. The molecule has 3 unspecified atom stereocenters. The summed E-state index contributed by atoms with van der Waals surface area (Å²) in [7, 11) is 6.09. The molecule has 1 saturated heterocycles. The summed E-state index contributed by atoms with van der Waals surface area (Å²) in [5.41, 5.74) is 7.52. The fourth-order valence-electron chi connectivity index (χ4n) is 3.46. The summed E-state index contributed by atoms with van der Waals surface area (Å²) in [5, 5.41) is 0. The molecule has 1 aromatic rings. The molecule has 1 heterocycles. The van der Waals surface area contributed by atoms with Crippen molar-refractivity contribution in [2.24, 2.45) is 11.7 Å². The van der Waals surface area contributed by atoms with Crippen LogP contribution in [0.15, 0.2) is 24.3 Å². The van der Waals surface area contributed by atoms with Gasteiger partial charge in [-0.25, -0.2) is 0 Å². The molecule has 0 bridgehead atoms. The smallest absolute Gasteiger partial charge is 0.118 e. The highest BCUT2D eigenvalue weighted by atomic mass is 16.5. The Bertz CT molecular complexity index is 432. The van der Waals surface area contributed by atoms with Crippen molar-refractivity contribution in [2.75, 3.05) is 40.8 Å². The fourth-order valence-corrected chi connectivity index (χ4v) is 3.46. The molecule has 0 aromatic heterocycles. The van der Waals surface area contributed by atoms with E-state index in [1.54, 1.807) is 7.11 Å². The topological polar surface area (TPSA) is 41.7 Å². The van der Waals surface area contributed by atoms with Gasteiger partial charge >= 0.3 is 0 Å². The zero-order valence-electron chi connectivity index (χ0n) is 13.7. The first-order valence-electron chi connectivity index (χ1n) is 7.79. The van der Waals surface area contributed by atoms with Gasteiger partial charge in [-0.05, 0) is 57.6 Å². The van der Waals surface area contributed by atoms with Crippen molar-refractivity contribution in [2.45, 2.75) is 25.4 Å². The number of likely N-dealkylation sites (N-methyl/N-ethyl adjacent to an activating group) is 1. The molecule has 0 radical (unpaired) electrons. The molecule has 118 valence electrons. The van der Waals surface area contributed by atoms with E-state index in [4.69, 9.17) is 10.5 Å². The normalized spacial score (nSPS) is 22.5. The molecule has 2 rings (SSSR count). The Hall–Kier alpha value is -1.10. The van der Waals surface area contributed by atoms with Crippen LogP contribution in [-0.2, 0) is 0 Å². The van der Waals surface area contributed by atoms with Gasteiger partial charge in [0.2, 0.25) is 0 Å². The summed E-state index contributed by atoms with van der Waals surface area (Å²) in [6.07, 6.45) is 1.29. The van der Waals surface area contributed by atoms with Crippen molar-refractivity contribution < 1.29 is 4.74 Å². The predicted octanol–water partition coefficient (Wildman–Crippen LogP) is 1.97. The molecular formula is C17H29N3O. The van der Waals surface area contributed by atoms with E-state index in [0.717, 1.165) is 18.2 Å². The molecule has 1 fully saturated rings. The van der Waals surface area contributed by atoms with Gasteiger partial charge in [0.05, 0.1) is 7.11 Å². The van der Waals surface area contributed by atoms with E-state index in [1.165, 1.54) is 25.1 Å². The number of hydrogen-bond donors (Lipinski definition) is 1. The third-order valence-electron chi connectivity index (χ3n) is 4.47. The average Bonchev–Trinajstić information content (AvgIpc) is 2.84. The van der Waals surface area contributed by atoms with Crippen molar-refractivity contribution in [3.05, 3.63) is 29.8 Å². The minimum Gasteiger partial charge on any atom is -0.497 e. The average molecular weight is 291 g/mol. The zero-order valence-corrected chi connectivity index (χ0v) is 13.7. The number of hydrogen-bond acceptors (Lipinski definition) is 4. The third kappa shape index (κ3) is 4.19. The molecule has 1 aromatic carbocycles. The van der Waals surface area contributed by atoms with Gasteiger partial charge in [-0.1, -0.05) is 12.1 Å². The lowest BCUT2D eigenvalue weighted by atomic mass is 9.98. The highest BCUT2D eigenvalue weighted by Crippen LogP contribution is 2.26. The predicted molar refractivity (Wildman–Crippen MR) is 87.6 cm³/mol. The second-order valence-corrected chi connectivity index (χ2v) is 6.43. The molecule has 0 aliphatic carbocycles. The van der Waals surface area contributed by atoms with Gasteiger partial charge in [0.25, 0.3) is 0 Å². The van der Waals surface area contributed by atoms with Gasteiger partial charge in [-0.3, -0.25) is 4.90 Å². The van der Waals surface area contributed by atoms with E-state index in [-0.39, 0.29) is 12.1 Å². The molecule has 0 spiro atoms. The van der Waals surface area contributed by atoms with Crippen LogP contribution in [-0.4, -0.2) is 56.7 Å². The number of nitrogens with two attached hydrogens (primary N) is 1. The molecule has 3 atom stereocenters. The quantitative estimate of drug-likeness (QED) is 0.870. The van der Waals surface area contributed by atoms with Gasteiger partial charge in [0.1, 0.15) is 5.75 Å². The van der Waals surface area contributed by atoms with Crippen LogP contribution in [0.25, 0.3) is 0 Å². The van der Waals surface area contributed by atoms with Crippen molar-refractivity contribution in [1.82, 2.24) is 9.80 Å². The lowest BCUT2D eigenvalue weighted by molar-refractivity contribution is 0.187. The summed E-state index contributed by atoms with van der Waals surface area (Å²) < 4.78 is 5.24. The Balaban J connectivity index is 2.06. The molecule has 1 aliphatic rings. The number of ether oxygens (including phenoxy) is 1. The maximum Gasteiger partial charge on any atom is 0.118 e. The van der Waals surface area contributed by atoms with Crippen LogP contribution < -0.4 is 10.5 Å². The fraction of sp³-hybridized carbons (Fsp3) is 0.647. The molecule has 4 nitrogen and oxygen atoms in total. The number of methoxy groups -OCH3 is 1. The standard InChI is InChI=1S/C17H29N3O/c1-13(18)17(15-5-7-16(21-4)8-6-15)20(3)12-14-9-10-19(2)11-14/h5-8,13-14,17H,9-12,18H2,1-4H3. The zero-order chi connectivity index (χ0) is 15.4. The van der Waals surface area contributed by atoms with Crippen LogP contribution in [0, 0.1) is 5.92 Å². The Morgan fingerprint density at radius 3 is 2.52 bits per heavy atom. The summed E-state index contributed by atoms with van der Waals surface area (Å²) in [4.78, 5) is 4.82. The SMILES string of the molecule is COc1ccc(C(C(C)N)N(C)CC2CCN(C)C2)cc1. The van der Waals surface area contributed by atoms with E-state index in [2.05, 4.69) is 43.0 Å². The maximum absolute atomic E-state index is 6.26. The van der Waals surface area contributed by atoms with Crippen LogP contribution >= 0.6 is 0 Å². The number of nitrogens with zero attached hydrogens (tertiary/aromatic N) is 2. The van der Waals surface area contributed by atoms with Crippen molar-refractivity contribution in [3.8, 4) is 5.75 Å². The number of rotatable bonds is 6. The van der Waals surface area contributed by atoms with E-state index in [9.17, 15) is 0 Å². The lowest BCUT2D eigenvalue weighted by Gasteiger charge is -2.33. The van der Waals surface area contributed by atoms with E-state index in [0.29, 0.717) is 0 Å². The molecule has 2 N–H and O–H groups in total. The van der Waals surface area contributed by atoms with Crippen molar-refractivity contribution >= 4 is 0 Å². The maximum atomic E-state index is 6.26. The first-order valence-corrected chi connectivity index (χ1v) is 7.79. The van der Waals surface area contributed by atoms with Gasteiger partial charge in [0.15, 0.2) is 0 Å². The van der Waals surface area contributed by atoms with Crippen LogP contribution in [0.1, 0.15) is 24.9 Å². The van der Waals surface area contributed by atoms with E-state index in [1.807, 2.05) is 12.1 Å². The molecule has 4 heteroatoms. The van der Waals surface area contributed by atoms with Crippen LogP contribution in [0.5, 0.6) is 5.75 Å². The first kappa shape index (κ1) is 16.3. The number of likely N-dealkylation sites (tertiary alicyclic amines) is 1. The van der Waals surface area contributed by atoms with E-state index >= 15 is 0 Å². The second-order valence-electron chi connectivity index (χ2n) is 6.43. The van der Waals surface area contributed by atoms with Crippen LogP contribution in [0.2, 0.25) is 0 Å². The third-order valence-corrected chi connectivity index (χ3v) is 4.47. The van der Waals surface area contributed by atoms with Crippen LogP contribution in [0.3, 0.4) is 0 Å². The largest absolute Gasteiger partial charge is 0.497 e. The summed E-state index contributed by atoms with van der Waals surface area (Å²) in [6.45, 7) is 5.59. The first-order chi connectivity index (χ1) is 10.0. The molecule has 21 heavy (non-hydrogen) atoms. The highest BCUT2D eigenvalue weighted by molar-refractivity contribution is 5.29. The molecule has 1 aliphatic heterocycles. The number of benzene rings is 1. The van der Waals surface area contributed by atoms with Crippen molar-refractivity contribution in [3.63, 3.8) is 0 Å². The van der Waals surface area contributed by atoms with Gasteiger partial charge < -0.3 is 15.4 Å². The van der Waals surface area contributed by atoms with Gasteiger partial charge in [0, 0.05) is 25.2 Å². The Morgan fingerprint density at radius 2 is 2.05 bits per heavy atom. The molecule has 0 amide bonds. The van der Waals surface area contributed by atoms with E-state index < -0.39 is 0 Å².